The molecule has 0 aliphatic heterocycles. The molecule has 0 aliphatic carbocycles. The lowest BCUT2D eigenvalue weighted by Crippen LogP contribution is -2.13. The van der Waals surface area contributed by atoms with E-state index in [-0.39, 0.29) is 22.6 Å². The van der Waals surface area contributed by atoms with Crippen LogP contribution < -0.4 is 10.1 Å². The number of rotatable bonds is 6. The fourth-order valence-corrected chi connectivity index (χ4v) is 3.89. The molecule has 2 aromatic heterocycles. The number of aromatic carboxylic acids is 1. The molecule has 0 spiro atoms. The van der Waals surface area contributed by atoms with Crippen LogP contribution in [-0.4, -0.2) is 33.1 Å². The van der Waals surface area contributed by atoms with E-state index in [0.29, 0.717) is 33.7 Å². The fraction of sp³-hybridized carbons (Fsp3) is 0.160. The second-order valence-corrected chi connectivity index (χ2v) is 8.08. The maximum Gasteiger partial charge on any atom is 0.356 e. The first-order chi connectivity index (χ1) is 16.3. The van der Waals surface area contributed by atoms with E-state index in [1.807, 2.05) is 44.2 Å². The molecule has 2 N–H and O–H groups in total. The monoisotopic (exact) mass is 473 g/mol. The minimum atomic E-state index is -1.19. The topological polar surface area (TPSA) is 121 Å². The number of nitriles is 1. The molecule has 0 bridgehead atoms. The number of halogens is 1. The van der Waals surface area contributed by atoms with Gasteiger partial charge >= 0.3 is 5.97 Å². The van der Waals surface area contributed by atoms with Crippen molar-refractivity contribution in [2.24, 2.45) is 0 Å². The highest BCUT2D eigenvalue weighted by molar-refractivity contribution is 6.29. The Kier molecular flexibility index (Phi) is 6.30. The summed E-state index contributed by atoms with van der Waals surface area (Å²) in [5.41, 5.74) is 4.38. The van der Waals surface area contributed by atoms with Crippen LogP contribution in [0.25, 0.3) is 22.3 Å². The van der Waals surface area contributed by atoms with E-state index in [2.05, 4.69) is 21.4 Å². The van der Waals surface area contributed by atoms with E-state index < -0.39 is 5.97 Å². The molecule has 8 nitrogen and oxygen atoms in total. The summed E-state index contributed by atoms with van der Waals surface area (Å²) in [6, 6.07) is 16.0. The van der Waals surface area contributed by atoms with Gasteiger partial charge in [0.05, 0.1) is 29.9 Å². The molecule has 0 fully saturated rings. The lowest BCUT2D eigenvalue weighted by molar-refractivity contribution is 0.0691. The molecular formula is C25H20ClN5O3. The highest BCUT2D eigenvalue weighted by atomic mass is 35.5. The molecule has 4 aromatic rings. The maximum absolute atomic E-state index is 11.7. The highest BCUT2D eigenvalue weighted by Gasteiger charge is 2.20. The number of carbonyl (C=O) groups is 1. The second kappa shape index (κ2) is 9.33. The smallest absolute Gasteiger partial charge is 0.356 e. The van der Waals surface area contributed by atoms with Crippen molar-refractivity contribution in [3.05, 3.63) is 76.2 Å². The number of anilines is 1. The summed E-state index contributed by atoms with van der Waals surface area (Å²) in [5.74, 6) is -0.552. The largest absolute Gasteiger partial charge is 0.497 e. The number of methoxy groups -OCH3 is 1. The fourth-order valence-electron chi connectivity index (χ4n) is 3.74. The first-order valence-corrected chi connectivity index (χ1v) is 10.7. The first kappa shape index (κ1) is 23.0. The third-order valence-corrected chi connectivity index (χ3v) is 5.51. The third-order valence-electron chi connectivity index (χ3n) is 5.30. The van der Waals surface area contributed by atoms with Gasteiger partial charge in [0.15, 0.2) is 11.4 Å². The SMILES string of the molecule is COc1cccc(-c2nc3c([C@@H](C)Nc4ccc(Cl)nc4C(=O)O)cc(C)cc3nc2C#N)c1. The van der Waals surface area contributed by atoms with Gasteiger partial charge in [-0.15, -0.1) is 0 Å². The summed E-state index contributed by atoms with van der Waals surface area (Å²) in [4.78, 5) is 25.0. The van der Waals surface area contributed by atoms with Crippen molar-refractivity contribution < 1.29 is 14.6 Å². The Hall–Kier alpha value is -4.22. The van der Waals surface area contributed by atoms with Crippen molar-refractivity contribution in [3.8, 4) is 23.1 Å². The molecule has 2 heterocycles. The van der Waals surface area contributed by atoms with Crippen molar-refractivity contribution in [1.82, 2.24) is 15.0 Å². The number of pyridine rings is 1. The lowest BCUT2D eigenvalue weighted by Gasteiger charge is -2.19. The standard InChI is InChI=1S/C25H20ClN5O3/c1-13-9-17(14(2)28-18-7-8-21(26)30-24(18)25(32)33)23-19(10-13)29-20(12-27)22(31-23)15-5-4-6-16(11-15)34-3/h4-11,14,28H,1-3H3,(H,32,33)/t14-/m1/s1. The van der Waals surface area contributed by atoms with Crippen molar-refractivity contribution in [2.75, 3.05) is 12.4 Å². The minimum Gasteiger partial charge on any atom is -0.497 e. The Morgan fingerprint density at radius 2 is 1.97 bits per heavy atom. The summed E-state index contributed by atoms with van der Waals surface area (Å²) in [7, 11) is 1.57. The van der Waals surface area contributed by atoms with Crippen LogP contribution in [-0.2, 0) is 0 Å². The Bertz CT molecular complexity index is 1470. The molecule has 170 valence electrons. The Morgan fingerprint density at radius 3 is 2.68 bits per heavy atom. The number of carboxylic acid groups (broad SMARTS) is 1. The molecule has 0 saturated heterocycles. The molecular weight excluding hydrogens is 454 g/mol. The summed E-state index contributed by atoms with van der Waals surface area (Å²) in [5, 5.41) is 22.6. The number of benzene rings is 2. The summed E-state index contributed by atoms with van der Waals surface area (Å²) in [6.45, 7) is 3.81. The second-order valence-electron chi connectivity index (χ2n) is 7.69. The summed E-state index contributed by atoms with van der Waals surface area (Å²) < 4.78 is 5.32. The van der Waals surface area contributed by atoms with Crippen LogP contribution in [0, 0.1) is 18.3 Å². The molecule has 2 aromatic carbocycles. The van der Waals surface area contributed by atoms with Crippen molar-refractivity contribution >= 4 is 34.3 Å². The van der Waals surface area contributed by atoms with E-state index in [0.717, 1.165) is 11.1 Å². The zero-order valence-corrected chi connectivity index (χ0v) is 19.4. The summed E-state index contributed by atoms with van der Waals surface area (Å²) in [6.07, 6.45) is 0. The predicted octanol–water partition coefficient (Wildman–Crippen LogP) is 5.41. The Morgan fingerprint density at radius 1 is 1.18 bits per heavy atom. The zero-order valence-electron chi connectivity index (χ0n) is 18.6. The third kappa shape index (κ3) is 4.47. The van der Waals surface area contributed by atoms with Gasteiger partial charge < -0.3 is 15.2 Å². The van der Waals surface area contributed by atoms with Crippen molar-refractivity contribution in [1.29, 1.82) is 5.26 Å². The number of hydrogen-bond donors (Lipinski definition) is 2. The van der Waals surface area contributed by atoms with E-state index >= 15 is 0 Å². The number of ether oxygens (including phenoxy) is 1. The molecule has 0 aliphatic rings. The van der Waals surface area contributed by atoms with Crippen LogP contribution in [0.1, 0.15) is 40.3 Å². The minimum absolute atomic E-state index is 0.0921. The van der Waals surface area contributed by atoms with E-state index in [9.17, 15) is 15.2 Å². The predicted molar refractivity (Wildman–Crippen MR) is 129 cm³/mol. The molecule has 0 saturated carbocycles. The van der Waals surface area contributed by atoms with Gasteiger partial charge in [-0.25, -0.2) is 19.7 Å². The van der Waals surface area contributed by atoms with Crippen LogP contribution >= 0.6 is 11.6 Å². The van der Waals surface area contributed by atoms with E-state index in [4.69, 9.17) is 21.3 Å². The van der Waals surface area contributed by atoms with Crippen molar-refractivity contribution in [3.63, 3.8) is 0 Å². The number of nitrogens with zero attached hydrogens (tertiary/aromatic N) is 4. The molecule has 9 heteroatoms. The van der Waals surface area contributed by atoms with E-state index in [1.165, 1.54) is 6.07 Å². The number of aromatic nitrogens is 3. The van der Waals surface area contributed by atoms with Crippen LogP contribution in [0.15, 0.2) is 48.5 Å². The average molecular weight is 474 g/mol. The van der Waals surface area contributed by atoms with Gasteiger partial charge in [0.2, 0.25) is 0 Å². The molecule has 34 heavy (non-hydrogen) atoms. The lowest BCUT2D eigenvalue weighted by atomic mass is 10.0. The van der Waals surface area contributed by atoms with Crippen LogP contribution in [0.4, 0.5) is 5.69 Å². The number of aryl methyl sites for hydroxylation is 1. The Labute approximate surface area is 200 Å². The first-order valence-electron chi connectivity index (χ1n) is 10.3. The Balaban J connectivity index is 1.86. The van der Waals surface area contributed by atoms with Gasteiger partial charge in [0, 0.05) is 11.1 Å². The molecule has 0 radical (unpaired) electrons. The van der Waals surface area contributed by atoms with Crippen molar-refractivity contribution in [2.45, 2.75) is 19.9 Å². The van der Waals surface area contributed by atoms with Crippen LogP contribution in [0.5, 0.6) is 5.75 Å². The molecule has 1 atom stereocenters. The molecule has 0 amide bonds. The zero-order chi connectivity index (χ0) is 24.4. The molecule has 4 rings (SSSR count). The van der Waals surface area contributed by atoms with Gasteiger partial charge in [0.25, 0.3) is 0 Å². The number of hydrogen-bond acceptors (Lipinski definition) is 7. The highest BCUT2D eigenvalue weighted by Crippen LogP contribution is 2.32. The van der Waals surface area contributed by atoms with Crippen LogP contribution in [0.2, 0.25) is 5.15 Å². The van der Waals surface area contributed by atoms with Crippen LogP contribution in [0.3, 0.4) is 0 Å². The average Bonchev–Trinajstić information content (AvgIpc) is 2.83. The maximum atomic E-state index is 11.7. The number of nitrogens with one attached hydrogen (secondary N) is 1. The molecule has 0 unspecified atom stereocenters. The van der Waals surface area contributed by atoms with Gasteiger partial charge in [-0.1, -0.05) is 29.8 Å². The van der Waals surface area contributed by atoms with E-state index in [1.54, 1.807) is 19.2 Å². The number of fused-ring (bicyclic) bond motifs is 1. The van der Waals surface area contributed by atoms with Gasteiger partial charge in [0.1, 0.15) is 22.7 Å². The number of carboxylic acids is 1. The normalized spacial score (nSPS) is 11.6. The quantitative estimate of drug-likeness (QED) is 0.357. The summed E-state index contributed by atoms with van der Waals surface area (Å²) >= 11 is 5.88. The van der Waals surface area contributed by atoms with Gasteiger partial charge in [-0.3, -0.25) is 0 Å². The van der Waals surface area contributed by atoms with Gasteiger partial charge in [-0.2, -0.15) is 5.26 Å². The van der Waals surface area contributed by atoms with Gasteiger partial charge in [-0.05, 0) is 49.7 Å².